The van der Waals surface area contributed by atoms with Crippen LogP contribution in [-0.2, 0) is 0 Å². The van der Waals surface area contributed by atoms with Crippen molar-refractivity contribution in [2.24, 2.45) is 0 Å². The Balaban J connectivity index is 1.83. The van der Waals surface area contributed by atoms with Gasteiger partial charge in [0.15, 0.2) is 17.2 Å². The number of furan rings is 1. The summed E-state index contributed by atoms with van der Waals surface area (Å²) in [5, 5.41) is 2.06. The van der Waals surface area contributed by atoms with Gasteiger partial charge in [-0.1, -0.05) is 12.1 Å². The standard InChI is InChI=1S/C18H14N5O/c1-11-5-6-12-13-4-3-7-21-18(13)24-15(12)14(11)23-10-22(2)16-17(23)20-9-8-19-16/h3-10H,1-2H3. The van der Waals surface area contributed by atoms with Crippen molar-refractivity contribution >= 4 is 39.4 Å². The number of rotatable bonds is 1. The van der Waals surface area contributed by atoms with E-state index < -0.39 is 0 Å². The molecule has 4 heterocycles. The van der Waals surface area contributed by atoms with Gasteiger partial charge in [0.05, 0.1) is 5.69 Å². The molecule has 4 aromatic rings. The molecule has 6 heteroatoms. The smallest absolute Gasteiger partial charge is 0.227 e. The van der Waals surface area contributed by atoms with Crippen molar-refractivity contribution in [2.75, 3.05) is 16.8 Å². The second kappa shape index (κ2) is 4.67. The summed E-state index contributed by atoms with van der Waals surface area (Å²) in [6.07, 6.45) is 5.15. The molecule has 0 fully saturated rings. The van der Waals surface area contributed by atoms with Crippen molar-refractivity contribution in [3.8, 4) is 0 Å². The fourth-order valence-corrected chi connectivity index (χ4v) is 3.25. The van der Waals surface area contributed by atoms with Gasteiger partial charge in [-0.2, -0.15) is 0 Å². The molecule has 0 amide bonds. The maximum absolute atomic E-state index is 6.09. The van der Waals surface area contributed by atoms with Crippen LogP contribution in [0.3, 0.4) is 0 Å². The predicted molar refractivity (Wildman–Crippen MR) is 93.1 cm³/mol. The normalized spacial score (nSPS) is 13.9. The predicted octanol–water partition coefficient (Wildman–Crippen LogP) is 3.79. The molecule has 1 aliphatic heterocycles. The molecule has 0 saturated carbocycles. The lowest BCUT2D eigenvalue weighted by Gasteiger charge is -2.19. The number of anilines is 3. The minimum atomic E-state index is 0.645. The maximum Gasteiger partial charge on any atom is 0.227 e. The van der Waals surface area contributed by atoms with Crippen LogP contribution in [0.1, 0.15) is 5.56 Å². The van der Waals surface area contributed by atoms with Gasteiger partial charge in [0.2, 0.25) is 5.71 Å². The fourth-order valence-electron chi connectivity index (χ4n) is 3.25. The molecule has 1 aromatic carbocycles. The van der Waals surface area contributed by atoms with Gasteiger partial charge in [-0.15, -0.1) is 0 Å². The Morgan fingerprint density at radius 1 is 0.917 bits per heavy atom. The summed E-state index contributed by atoms with van der Waals surface area (Å²) in [4.78, 5) is 17.2. The molecule has 6 nitrogen and oxygen atoms in total. The zero-order chi connectivity index (χ0) is 16.3. The molecule has 0 aliphatic carbocycles. The first-order valence-electron chi connectivity index (χ1n) is 7.69. The zero-order valence-corrected chi connectivity index (χ0v) is 13.3. The Bertz CT molecular complexity index is 1090. The van der Waals surface area contributed by atoms with Crippen molar-refractivity contribution in [3.63, 3.8) is 0 Å². The largest absolute Gasteiger partial charge is 0.435 e. The van der Waals surface area contributed by atoms with Crippen LogP contribution < -0.4 is 9.80 Å². The number of fused-ring (bicyclic) bond motifs is 4. The van der Waals surface area contributed by atoms with E-state index in [1.165, 1.54) is 0 Å². The van der Waals surface area contributed by atoms with Crippen molar-refractivity contribution < 1.29 is 4.42 Å². The van der Waals surface area contributed by atoms with Gasteiger partial charge in [0.25, 0.3) is 0 Å². The molecular formula is C18H14N5O. The molecule has 1 radical (unpaired) electrons. The lowest BCUT2D eigenvalue weighted by molar-refractivity contribution is 0.653. The van der Waals surface area contributed by atoms with Gasteiger partial charge < -0.3 is 9.32 Å². The third kappa shape index (κ3) is 1.68. The molecule has 0 spiro atoms. The molecule has 3 aromatic heterocycles. The SMILES string of the molecule is Cc1ccc2c(oc3ncccc32)c1N1[CH]N(C)c2nccnc21. The van der Waals surface area contributed by atoms with E-state index in [1.54, 1.807) is 18.6 Å². The van der Waals surface area contributed by atoms with Crippen LogP contribution in [0.5, 0.6) is 0 Å². The lowest BCUT2D eigenvalue weighted by atomic mass is 10.1. The van der Waals surface area contributed by atoms with E-state index in [0.29, 0.717) is 5.71 Å². The third-order valence-corrected chi connectivity index (χ3v) is 4.35. The second-order valence-electron chi connectivity index (χ2n) is 5.87. The average molecular weight is 316 g/mol. The Morgan fingerprint density at radius 2 is 1.75 bits per heavy atom. The highest BCUT2D eigenvalue weighted by Gasteiger charge is 2.31. The lowest BCUT2D eigenvalue weighted by Crippen LogP contribution is -2.18. The highest BCUT2D eigenvalue weighted by Crippen LogP contribution is 2.44. The number of pyridine rings is 1. The summed E-state index contributed by atoms with van der Waals surface area (Å²) in [7, 11) is 1.96. The quantitative estimate of drug-likeness (QED) is 0.532. The van der Waals surface area contributed by atoms with Crippen LogP contribution in [0.4, 0.5) is 17.3 Å². The Labute approximate surface area is 138 Å². The molecule has 0 bridgehead atoms. The van der Waals surface area contributed by atoms with E-state index in [2.05, 4.69) is 34.0 Å². The van der Waals surface area contributed by atoms with Crippen LogP contribution in [0.25, 0.3) is 22.1 Å². The minimum Gasteiger partial charge on any atom is -0.435 e. The summed E-state index contributed by atoms with van der Waals surface area (Å²) in [6.45, 7) is 4.05. The van der Waals surface area contributed by atoms with Crippen molar-refractivity contribution in [1.29, 1.82) is 0 Å². The molecule has 24 heavy (non-hydrogen) atoms. The molecule has 117 valence electrons. The van der Waals surface area contributed by atoms with Crippen molar-refractivity contribution in [1.82, 2.24) is 15.0 Å². The van der Waals surface area contributed by atoms with E-state index in [4.69, 9.17) is 4.42 Å². The molecular weight excluding hydrogens is 302 g/mol. The van der Waals surface area contributed by atoms with E-state index in [-0.39, 0.29) is 0 Å². The van der Waals surface area contributed by atoms with E-state index >= 15 is 0 Å². The maximum atomic E-state index is 6.09. The number of hydrogen-bond donors (Lipinski definition) is 0. The number of aryl methyl sites for hydroxylation is 1. The minimum absolute atomic E-state index is 0.645. The fraction of sp³-hybridized carbons (Fsp3) is 0.111. The summed E-state index contributed by atoms with van der Waals surface area (Å²) >= 11 is 0. The Hall–Kier alpha value is -3.15. The van der Waals surface area contributed by atoms with Crippen LogP contribution in [0, 0.1) is 13.6 Å². The molecule has 0 unspecified atom stereocenters. The van der Waals surface area contributed by atoms with Gasteiger partial charge in [-0.05, 0) is 24.6 Å². The Kier molecular flexibility index (Phi) is 2.59. The molecule has 5 rings (SSSR count). The topological polar surface area (TPSA) is 58.3 Å². The van der Waals surface area contributed by atoms with Gasteiger partial charge in [0, 0.05) is 36.4 Å². The monoisotopic (exact) mass is 316 g/mol. The van der Waals surface area contributed by atoms with E-state index in [0.717, 1.165) is 39.2 Å². The zero-order valence-electron chi connectivity index (χ0n) is 13.3. The molecule has 0 saturated heterocycles. The second-order valence-corrected chi connectivity index (χ2v) is 5.87. The summed E-state index contributed by atoms with van der Waals surface area (Å²) in [5.41, 5.74) is 3.53. The van der Waals surface area contributed by atoms with Crippen molar-refractivity contribution in [2.45, 2.75) is 6.92 Å². The van der Waals surface area contributed by atoms with Crippen LogP contribution in [0.2, 0.25) is 0 Å². The summed E-state index contributed by atoms with van der Waals surface area (Å²) in [5.74, 6) is 1.62. The first-order valence-corrected chi connectivity index (χ1v) is 7.69. The van der Waals surface area contributed by atoms with Gasteiger partial charge in [-0.25, -0.2) is 15.0 Å². The van der Waals surface area contributed by atoms with Crippen molar-refractivity contribution in [3.05, 3.63) is 55.1 Å². The summed E-state index contributed by atoms with van der Waals surface area (Å²) < 4.78 is 6.09. The number of benzene rings is 1. The summed E-state index contributed by atoms with van der Waals surface area (Å²) in [6, 6.07) is 8.13. The highest BCUT2D eigenvalue weighted by atomic mass is 16.3. The van der Waals surface area contributed by atoms with E-state index in [9.17, 15) is 0 Å². The van der Waals surface area contributed by atoms with Gasteiger partial charge >= 0.3 is 0 Å². The number of hydrogen-bond acceptors (Lipinski definition) is 6. The van der Waals surface area contributed by atoms with Gasteiger partial charge in [-0.3, -0.25) is 4.90 Å². The van der Waals surface area contributed by atoms with Crippen LogP contribution >= 0.6 is 0 Å². The average Bonchev–Trinajstić information content (AvgIpc) is 3.13. The van der Waals surface area contributed by atoms with Gasteiger partial charge in [0.1, 0.15) is 6.67 Å². The number of nitrogens with zero attached hydrogens (tertiary/aromatic N) is 5. The third-order valence-electron chi connectivity index (χ3n) is 4.35. The van der Waals surface area contributed by atoms with Crippen LogP contribution in [0.15, 0.2) is 47.3 Å². The molecule has 0 atom stereocenters. The highest BCUT2D eigenvalue weighted by molar-refractivity contribution is 6.09. The first-order chi connectivity index (χ1) is 11.7. The molecule has 0 N–H and O–H groups in total. The molecule has 1 aliphatic rings. The Morgan fingerprint density at radius 3 is 2.62 bits per heavy atom. The first kappa shape index (κ1) is 13.3. The van der Waals surface area contributed by atoms with E-state index in [1.807, 2.05) is 35.6 Å². The number of aromatic nitrogens is 3. The van der Waals surface area contributed by atoms with Crippen LogP contribution in [-0.4, -0.2) is 22.0 Å².